The minimum absolute atomic E-state index is 0.0304. The van der Waals surface area contributed by atoms with Gasteiger partial charge in [0, 0.05) is 50.0 Å². The van der Waals surface area contributed by atoms with E-state index in [2.05, 4.69) is 24.8 Å². The molecule has 1 saturated heterocycles. The van der Waals surface area contributed by atoms with Gasteiger partial charge < -0.3 is 9.80 Å². The van der Waals surface area contributed by atoms with Crippen LogP contribution in [0.25, 0.3) is 16.7 Å². The van der Waals surface area contributed by atoms with Crippen LogP contribution >= 0.6 is 0 Å². The van der Waals surface area contributed by atoms with Gasteiger partial charge >= 0.3 is 0 Å². The number of piperazine rings is 1. The molecular formula is C21H19N7O. The second-order valence-corrected chi connectivity index (χ2v) is 6.87. The van der Waals surface area contributed by atoms with E-state index in [9.17, 15) is 4.79 Å². The molecule has 0 unspecified atom stereocenters. The number of benzene rings is 1. The molecular weight excluding hydrogens is 366 g/mol. The highest BCUT2D eigenvalue weighted by atomic mass is 16.2. The van der Waals surface area contributed by atoms with Crippen molar-refractivity contribution >= 4 is 22.6 Å². The van der Waals surface area contributed by atoms with Gasteiger partial charge in [0.25, 0.3) is 5.91 Å². The van der Waals surface area contributed by atoms with Crippen molar-refractivity contribution in [3.63, 3.8) is 0 Å². The fraction of sp³-hybridized carbons (Fsp3) is 0.190. The van der Waals surface area contributed by atoms with Gasteiger partial charge in [-0.2, -0.15) is 0 Å². The average Bonchev–Trinajstić information content (AvgIpc) is 3.34. The third-order valence-electron chi connectivity index (χ3n) is 5.12. The van der Waals surface area contributed by atoms with Gasteiger partial charge in [0.1, 0.15) is 30.0 Å². The summed E-state index contributed by atoms with van der Waals surface area (Å²) >= 11 is 0. The van der Waals surface area contributed by atoms with Crippen LogP contribution in [0.15, 0.2) is 67.5 Å². The van der Waals surface area contributed by atoms with Gasteiger partial charge in [-0.25, -0.2) is 19.9 Å². The number of imidazole rings is 1. The third-order valence-corrected chi connectivity index (χ3v) is 5.12. The van der Waals surface area contributed by atoms with Crippen LogP contribution in [-0.2, 0) is 0 Å². The number of nitrogens with zero attached hydrogens (tertiary/aromatic N) is 7. The van der Waals surface area contributed by atoms with Gasteiger partial charge in [-0.15, -0.1) is 0 Å². The minimum Gasteiger partial charge on any atom is -0.353 e. The van der Waals surface area contributed by atoms with E-state index in [1.54, 1.807) is 24.9 Å². The van der Waals surface area contributed by atoms with Crippen LogP contribution in [0.2, 0.25) is 0 Å². The molecule has 8 heteroatoms. The number of fused-ring (bicyclic) bond motifs is 1. The molecule has 1 amide bonds. The molecule has 1 aromatic carbocycles. The molecule has 0 spiro atoms. The largest absolute Gasteiger partial charge is 0.353 e. The molecule has 3 aromatic heterocycles. The maximum atomic E-state index is 12.9. The molecule has 144 valence electrons. The van der Waals surface area contributed by atoms with Crippen molar-refractivity contribution in [2.45, 2.75) is 0 Å². The Hall–Kier alpha value is -3.81. The van der Waals surface area contributed by atoms with Gasteiger partial charge in [0.15, 0.2) is 0 Å². The predicted octanol–water partition coefficient (Wildman–Crippen LogP) is 2.17. The summed E-state index contributed by atoms with van der Waals surface area (Å²) in [7, 11) is 0. The van der Waals surface area contributed by atoms with Crippen molar-refractivity contribution in [1.82, 2.24) is 29.4 Å². The van der Waals surface area contributed by atoms with E-state index in [1.165, 1.54) is 0 Å². The van der Waals surface area contributed by atoms with Crippen LogP contribution < -0.4 is 4.90 Å². The van der Waals surface area contributed by atoms with Gasteiger partial charge in [-0.3, -0.25) is 9.36 Å². The summed E-state index contributed by atoms with van der Waals surface area (Å²) in [5.74, 6) is 1.59. The van der Waals surface area contributed by atoms with Crippen molar-refractivity contribution in [3.8, 4) is 5.82 Å². The molecule has 1 aliphatic heterocycles. The number of aromatic nitrogens is 5. The Morgan fingerprint density at radius 1 is 0.931 bits per heavy atom. The maximum Gasteiger partial charge on any atom is 0.272 e. The first-order valence-electron chi connectivity index (χ1n) is 9.48. The molecule has 0 radical (unpaired) electrons. The van der Waals surface area contributed by atoms with E-state index in [0.29, 0.717) is 31.9 Å². The summed E-state index contributed by atoms with van der Waals surface area (Å²) in [5.41, 5.74) is 1.33. The molecule has 0 bridgehead atoms. The zero-order valence-corrected chi connectivity index (χ0v) is 15.7. The van der Waals surface area contributed by atoms with E-state index in [4.69, 9.17) is 0 Å². The maximum absolute atomic E-state index is 12.9. The zero-order valence-electron chi connectivity index (χ0n) is 15.7. The second kappa shape index (κ2) is 7.31. The molecule has 4 heterocycles. The Kier molecular flexibility index (Phi) is 4.36. The number of rotatable bonds is 3. The fourth-order valence-corrected chi connectivity index (χ4v) is 3.53. The van der Waals surface area contributed by atoms with Gasteiger partial charge in [0.05, 0.1) is 5.52 Å². The van der Waals surface area contributed by atoms with E-state index in [-0.39, 0.29) is 5.91 Å². The molecule has 1 aliphatic rings. The molecule has 1 fully saturated rings. The number of pyridine rings is 1. The Morgan fingerprint density at radius 3 is 2.59 bits per heavy atom. The normalized spacial score (nSPS) is 14.3. The fourth-order valence-electron chi connectivity index (χ4n) is 3.53. The molecule has 8 nitrogen and oxygen atoms in total. The van der Waals surface area contributed by atoms with Crippen molar-refractivity contribution in [2.24, 2.45) is 0 Å². The molecule has 0 aliphatic carbocycles. The number of hydrogen-bond donors (Lipinski definition) is 0. The number of para-hydroxylation sites is 1. The van der Waals surface area contributed by atoms with Crippen LogP contribution in [-0.4, -0.2) is 61.5 Å². The zero-order chi connectivity index (χ0) is 19.6. The number of anilines is 1. The second-order valence-electron chi connectivity index (χ2n) is 6.87. The summed E-state index contributed by atoms with van der Waals surface area (Å²) in [6.45, 7) is 2.66. The summed E-state index contributed by atoms with van der Waals surface area (Å²) < 4.78 is 1.84. The number of carbonyl (C=O) groups excluding carboxylic acids is 1. The molecule has 0 N–H and O–H groups in total. The molecule has 0 saturated carbocycles. The Labute approximate surface area is 167 Å². The van der Waals surface area contributed by atoms with Crippen molar-refractivity contribution in [3.05, 3.63) is 73.2 Å². The third kappa shape index (κ3) is 3.40. The summed E-state index contributed by atoms with van der Waals surface area (Å²) in [4.78, 5) is 34.2. The number of carbonyl (C=O) groups is 1. The van der Waals surface area contributed by atoms with Crippen molar-refractivity contribution in [2.75, 3.05) is 31.1 Å². The van der Waals surface area contributed by atoms with Crippen LogP contribution in [0.3, 0.4) is 0 Å². The van der Waals surface area contributed by atoms with E-state index in [1.807, 2.05) is 52.1 Å². The van der Waals surface area contributed by atoms with E-state index < -0.39 is 0 Å². The number of amides is 1. The van der Waals surface area contributed by atoms with Crippen LogP contribution in [0.1, 0.15) is 10.5 Å². The molecule has 0 atom stereocenters. The first-order chi connectivity index (χ1) is 14.3. The monoisotopic (exact) mass is 385 g/mol. The predicted molar refractivity (Wildman–Crippen MR) is 109 cm³/mol. The Bertz CT molecular complexity index is 1150. The van der Waals surface area contributed by atoms with Crippen molar-refractivity contribution in [1.29, 1.82) is 0 Å². The Morgan fingerprint density at radius 2 is 1.76 bits per heavy atom. The molecule has 5 rings (SSSR count). The number of hydrogen-bond acceptors (Lipinski definition) is 6. The highest BCUT2D eigenvalue weighted by molar-refractivity contribution is 5.95. The Balaban J connectivity index is 1.28. The van der Waals surface area contributed by atoms with Crippen molar-refractivity contribution < 1.29 is 4.79 Å². The van der Waals surface area contributed by atoms with E-state index in [0.717, 1.165) is 22.5 Å². The SMILES string of the molecule is O=C(c1ccc2ccccc2n1)N1CCN(c2cc(-n3ccnc3)ncn2)CC1. The van der Waals surface area contributed by atoms with Gasteiger partial charge in [0.2, 0.25) is 0 Å². The lowest BCUT2D eigenvalue weighted by Gasteiger charge is -2.35. The highest BCUT2D eigenvalue weighted by Crippen LogP contribution is 2.18. The lowest BCUT2D eigenvalue weighted by atomic mass is 10.2. The topological polar surface area (TPSA) is 80.0 Å². The molecule has 4 aromatic rings. The highest BCUT2D eigenvalue weighted by Gasteiger charge is 2.24. The summed E-state index contributed by atoms with van der Waals surface area (Å²) in [6.07, 6.45) is 6.83. The minimum atomic E-state index is -0.0304. The first kappa shape index (κ1) is 17.3. The average molecular weight is 385 g/mol. The van der Waals surface area contributed by atoms with Gasteiger partial charge in [-0.05, 0) is 12.1 Å². The lowest BCUT2D eigenvalue weighted by molar-refractivity contribution is 0.0741. The quantitative estimate of drug-likeness (QED) is 0.538. The summed E-state index contributed by atoms with van der Waals surface area (Å²) in [6, 6.07) is 13.5. The molecule has 29 heavy (non-hydrogen) atoms. The first-order valence-corrected chi connectivity index (χ1v) is 9.48. The lowest BCUT2D eigenvalue weighted by Crippen LogP contribution is -2.49. The van der Waals surface area contributed by atoms with Crippen LogP contribution in [0.4, 0.5) is 5.82 Å². The van der Waals surface area contributed by atoms with Crippen LogP contribution in [0.5, 0.6) is 0 Å². The summed E-state index contributed by atoms with van der Waals surface area (Å²) in [5, 5.41) is 1.03. The van der Waals surface area contributed by atoms with Crippen LogP contribution in [0, 0.1) is 0 Å². The standard InChI is InChI=1S/C21H19N7O/c29-21(18-6-5-16-3-1-2-4-17(16)25-18)27-11-9-26(10-12-27)19-13-20(24-14-23-19)28-8-7-22-15-28/h1-8,13-15H,9-12H2. The van der Waals surface area contributed by atoms with Gasteiger partial charge in [-0.1, -0.05) is 24.3 Å². The van der Waals surface area contributed by atoms with E-state index >= 15 is 0 Å². The smallest absolute Gasteiger partial charge is 0.272 e.